The smallest absolute Gasteiger partial charge is 0.312 e. The third-order valence-corrected chi connectivity index (χ3v) is 6.18. The number of carbonyl (C=O) groups excluding carboxylic acids is 1. The van der Waals surface area contributed by atoms with E-state index in [0.29, 0.717) is 11.3 Å². The molecule has 2 aliphatic heterocycles. The van der Waals surface area contributed by atoms with E-state index >= 15 is 0 Å². The molecule has 0 bridgehead atoms. The highest BCUT2D eigenvalue weighted by atomic mass is 32.2. The van der Waals surface area contributed by atoms with Crippen LogP contribution in [0.1, 0.15) is 5.56 Å². The first-order valence-corrected chi connectivity index (χ1v) is 8.59. The molecule has 0 atom stereocenters. The van der Waals surface area contributed by atoms with Crippen LogP contribution in [0.25, 0.3) is 11.1 Å². The third-order valence-electron chi connectivity index (χ3n) is 3.46. The maximum absolute atomic E-state index is 12.0. The number of rotatable bonds is 1. The second kappa shape index (κ2) is 5.24. The van der Waals surface area contributed by atoms with Gasteiger partial charge in [0.25, 0.3) is 0 Å². The minimum Gasteiger partial charge on any atom is -0.312 e. The van der Waals surface area contributed by atoms with Crippen LogP contribution in [0.2, 0.25) is 0 Å². The Morgan fingerprint density at radius 1 is 0.952 bits per heavy atom. The van der Waals surface area contributed by atoms with E-state index < -0.39 is 0 Å². The van der Waals surface area contributed by atoms with Gasteiger partial charge < -0.3 is 4.84 Å². The lowest BCUT2D eigenvalue weighted by Gasteiger charge is -2.03. The van der Waals surface area contributed by atoms with Gasteiger partial charge in [-0.1, -0.05) is 47.6 Å². The van der Waals surface area contributed by atoms with Crippen molar-refractivity contribution in [3.8, 4) is 11.1 Å². The molecule has 2 heterocycles. The van der Waals surface area contributed by atoms with Crippen molar-refractivity contribution in [1.29, 1.82) is 0 Å². The average Bonchev–Trinajstić information content (AvgIpc) is 3.16. The molecule has 4 aliphatic rings. The highest BCUT2D eigenvalue weighted by molar-refractivity contribution is 8.25. The van der Waals surface area contributed by atoms with Crippen LogP contribution < -0.4 is 0 Å². The summed E-state index contributed by atoms with van der Waals surface area (Å²) >= 11 is 3.42. The van der Waals surface area contributed by atoms with Crippen LogP contribution in [-0.4, -0.2) is 23.2 Å². The molecular weight excluding hydrogens is 302 g/mol. The van der Waals surface area contributed by atoms with Gasteiger partial charge in [0.2, 0.25) is 0 Å². The Hall–Kier alpha value is -1.72. The predicted octanol–water partition coefficient (Wildman–Crippen LogP) is 3.74. The third kappa shape index (κ3) is 2.17. The zero-order valence-electron chi connectivity index (χ0n) is 11.0. The Labute approximate surface area is 130 Å². The van der Waals surface area contributed by atoms with Crippen molar-refractivity contribution in [3.05, 3.63) is 57.8 Å². The van der Waals surface area contributed by atoms with Crippen LogP contribution in [0.3, 0.4) is 0 Å². The number of oxime groups is 1. The summed E-state index contributed by atoms with van der Waals surface area (Å²) in [5, 5.41) is 4.04. The molecule has 2 aliphatic carbocycles. The van der Waals surface area contributed by atoms with Gasteiger partial charge in [0.15, 0.2) is 0 Å². The van der Waals surface area contributed by atoms with Crippen molar-refractivity contribution >= 4 is 35.2 Å². The van der Waals surface area contributed by atoms with Crippen molar-refractivity contribution < 1.29 is 9.63 Å². The molecule has 0 aromatic carbocycles. The second-order valence-electron chi connectivity index (χ2n) is 4.70. The van der Waals surface area contributed by atoms with Gasteiger partial charge in [0.1, 0.15) is 11.3 Å². The number of thioether (sulfide) groups is 2. The second-order valence-corrected chi connectivity index (χ2v) is 7.17. The molecule has 104 valence electrons. The lowest BCUT2D eigenvalue weighted by molar-refractivity contribution is -0.136. The largest absolute Gasteiger partial charge is 0.369 e. The molecule has 4 rings (SSSR count). The van der Waals surface area contributed by atoms with Crippen LogP contribution >= 0.6 is 23.5 Å². The number of hydrogen-bond donors (Lipinski definition) is 0. The molecule has 0 saturated carbocycles. The summed E-state index contributed by atoms with van der Waals surface area (Å²) in [6.07, 6.45) is 0. The fourth-order valence-electron chi connectivity index (χ4n) is 2.51. The first-order chi connectivity index (χ1) is 10.3. The van der Waals surface area contributed by atoms with E-state index in [1.54, 1.807) is 23.5 Å². The Bertz CT molecular complexity index is 759. The number of carbonyl (C=O) groups is 1. The Balaban J connectivity index is 1.86. The maximum Gasteiger partial charge on any atom is 0.369 e. The summed E-state index contributed by atoms with van der Waals surface area (Å²) < 4.78 is 1.03. The summed E-state index contributed by atoms with van der Waals surface area (Å²) in [6, 6.07) is 14.2. The molecule has 1 fully saturated rings. The van der Waals surface area contributed by atoms with Crippen LogP contribution in [-0.2, 0) is 9.63 Å². The molecular formula is C16H11NO2S2. The molecule has 0 N–H and O–H groups in total. The molecule has 0 aromatic rings. The fraction of sp³-hybridized carbons (Fsp3) is 0.125. The molecule has 0 spiro atoms. The van der Waals surface area contributed by atoms with Crippen LogP contribution in [0.4, 0.5) is 0 Å². The van der Waals surface area contributed by atoms with Crippen molar-refractivity contribution in [2.75, 3.05) is 11.5 Å². The van der Waals surface area contributed by atoms with E-state index in [2.05, 4.69) is 11.2 Å². The highest BCUT2D eigenvalue weighted by Gasteiger charge is 2.33. The van der Waals surface area contributed by atoms with Gasteiger partial charge >= 0.3 is 5.97 Å². The van der Waals surface area contributed by atoms with Crippen LogP contribution in [0, 0.1) is 0 Å². The summed E-state index contributed by atoms with van der Waals surface area (Å²) in [7, 11) is 0. The molecule has 0 radical (unpaired) electrons. The Kier molecular flexibility index (Phi) is 3.24. The van der Waals surface area contributed by atoms with Gasteiger partial charge in [-0.05, 0) is 11.1 Å². The van der Waals surface area contributed by atoms with E-state index in [0.717, 1.165) is 32.4 Å². The Morgan fingerprint density at radius 2 is 1.76 bits per heavy atom. The Morgan fingerprint density at radius 3 is 2.62 bits per heavy atom. The minimum atomic E-state index is -0.337. The summed E-state index contributed by atoms with van der Waals surface area (Å²) in [4.78, 5) is 17.0. The van der Waals surface area contributed by atoms with E-state index in [9.17, 15) is 4.79 Å². The van der Waals surface area contributed by atoms with Crippen molar-refractivity contribution in [1.82, 2.24) is 0 Å². The minimum absolute atomic E-state index is 0.337. The first kappa shape index (κ1) is 13.0. The molecule has 5 heteroatoms. The summed E-state index contributed by atoms with van der Waals surface area (Å²) in [6.45, 7) is 0. The molecule has 0 unspecified atom stereocenters. The van der Waals surface area contributed by atoms with E-state index in [1.807, 2.05) is 36.4 Å². The molecule has 0 aromatic heterocycles. The topological polar surface area (TPSA) is 38.7 Å². The predicted molar refractivity (Wildman–Crippen MR) is 87.6 cm³/mol. The van der Waals surface area contributed by atoms with Gasteiger partial charge in [0.05, 0.1) is 4.24 Å². The average molecular weight is 313 g/mol. The first-order valence-electron chi connectivity index (χ1n) is 6.62. The van der Waals surface area contributed by atoms with Crippen molar-refractivity contribution in [2.45, 2.75) is 0 Å². The standard InChI is InChI=1S/C16H11NO2S2/c18-15-13(16-20-8-9-21-16)14(17-19-15)12-7-6-10-4-2-1-3-5-11(10)12/h1-7H,8-9H2. The zero-order valence-corrected chi connectivity index (χ0v) is 12.7. The van der Waals surface area contributed by atoms with E-state index in [-0.39, 0.29) is 5.97 Å². The zero-order chi connectivity index (χ0) is 14.2. The van der Waals surface area contributed by atoms with E-state index in [1.165, 1.54) is 0 Å². The van der Waals surface area contributed by atoms with Gasteiger partial charge in [-0.15, -0.1) is 23.5 Å². The van der Waals surface area contributed by atoms with Crippen LogP contribution in [0.5, 0.6) is 0 Å². The molecule has 0 amide bonds. The lowest BCUT2D eigenvalue weighted by Crippen LogP contribution is -2.08. The summed E-state index contributed by atoms with van der Waals surface area (Å²) in [5.74, 6) is 1.72. The molecule has 21 heavy (non-hydrogen) atoms. The molecule has 3 nitrogen and oxygen atoms in total. The maximum atomic E-state index is 12.0. The lowest BCUT2D eigenvalue weighted by atomic mass is 10.0. The number of fused-ring (bicyclic) bond motifs is 1. The van der Waals surface area contributed by atoms with Gasteiger partial charge in [0, 0.05) is 17.1 Å². The van der Waals surface area contributed by atoms with Crippen LogP contribution in [0.15, 0.2) is 57.4 Å². The highest BCUT2D eigenvalue weighted by Crippen LogP contribution is 2.42. The van der Waals surface area contributed by atoms with E-state index in [4.69, 9.17) is 4.84 Å². The number of nitrogens with zero attached hydrogens (tertiary/aromatic N) is 1. The quantitative estimate of drug-likeness (QED) is 0.594. The summed E-state index contributed by atoms with van der Waals surface area (Å²) in [5.41, 5.74) is 4.47. The fourth-order valence-corrected chi connectivity index (χ4v) is 5.03. The monoisotopic (exact) mass is 313 g/mol. The normalized spacial score (nSPS) is 18.3. The van der Waals surface area contributed by atoms with Gasteiger partial charge in [-0.3, -0.25) is 0 Å². The van der Waals surface area contributed by atoms with Crippen molar-refractivity contribution in [2.24, 2.45) is 5.16 Å². The SMILES string of the molecule is O=C1ON=C(c2ccc3cccccc2-3)C1=C1SCCS1. The van der Waals surface area contributed by atoms with Crippen molar-refractivity contribution in [3.63, 3.8) is 0 Å². The van der Waals surface area contributed by atoms with Gasteiger partial charge in [-0.25, -0.2) is 4.79 Å². The molecule has 1 saturated heterocycles. The van der Waals surface area contributed by atoms with Gasteiger partial charge in [-0.2, -0.15) is 0 Å². The number of hydrogen-bond acceptors (Lipinski definition) is 5.